The number of carbonyl (C=O) groups excluding carboxylic acids is 1. The summed E-state index contributed by atoms with van der Waals surface area (Å²) in [7, 11) is 0. The Hall–Kier alpha value is -2.83. The summed E-state index contributed by atoms with van der Waals surface area (Å²) in [5.74, 6) is -0.0166. The Labute approximate surface area is 187 Å². The van der Waals surface area contributed by atoms with Gasteiger partial charge in [-0.15, -0.1) is 11.8 Å². The lowest BCUT2D eigenvalue weighted by atomic mass is 10.1. The van der Waals surface area contributed by atoms with Crippen molar-refractivity contribution in [2.75, 3.05) is 16.0 Å². The fraction of sp³-hybridized carbons (Fsp3) is 0.167. The Bertz CT molecular complexity index is 1020. The highest BCUT2D eigenvalue weighted by Crippen LogP contribution is 2.28. The van der Waals surface area contributed by atoms with Crippen LogP contribution in [0.5, 0.6) is 0 Å². The number of para-hydroxylation sites is 2. The van der Waals surface area contributed by atoms with Crippen LogP contribution in [0, 0.1) is 13.8 Å². The molecule has 1 amide bonds. The summed E-state index contributed by atoms with van der Waals surface area (Å²) in [5, 5.41) is 9.69. The number of aryl methyl sites for hydroxylation is 2. The van der Waals surface area contributed by atoms with Gasteiger partial charge in [0.05, 0.1) is 5.25 Å². The van der Waals surface area contributed by atoms with Crippen LogP contribution in [0.15, 0.2) is 77.7 Å². The number of hydrogen-bond acceptors (Lipinski definition) is 3. The van der Waals surface area contributed by atoms with Crippen molar-refractivity contribution in [2.24, 2.45) is 0 Å². The molecule has 3 aromatic rings. The molecular weight excluding hydrogens is 410 g/mol. The lowest BCUT2D eigenvalue weighted by molar-refractivity contribution is -0.115. The third kappa shape index (κ3) is 6.08. The highest BCUT2D eigenvalue weighted by molar-refractivity contribution is 8.00. The predicted octanol–water partition coefficient (Wildman–Crippen LogP) is 6.23. The van der Waals surface area contributed by atoms with E-state index in [4.69, 9.17) is 12.2 Å². The molecule has 0 aromatic heterocycles. The van der Waals surface area contributed by atoms with Gasteiger partial charge in [0.2, 0.25) is 5.91 Å². The molecule has 0 aliphatic rings. The summed E-state index contributed by atoms with van der Waals surface area (Å²) < 4.78 is 0. The lowest BCUT2D eigenvalue weighted by Gasteiger charge is -2.16. The van der Waals surface area contributed by atoms with Gasteiger partial charge in [0.25, 0.3) is 0 Å². The first-order valence-electron chi connectivity index (χ1n) is 9.69. The van der Waals surface area contributed by atoms with Gasteiger partial charge in [-0.25, -0.2) is 0 Å². The molecule has 154 valence electrons. The molecule has 0 saturated carbocycles. The van der Waals surface area contributed by atoms with Gasteiger partial charge in [-0.1, -0.05) is 42.5 Å². The molecule has 0 fully saturated rings. The summed E-state index contributed by atoms with van der Waals surface area (Å²) in [6, 6.07) is 23.7. The molecule has 0 bridgehead atoms. The van der Waals surface area contributed by atoms with Crippen LogP contribution >= 0.6 is 24.0 Å². The Kier molecular flexibility index (Phi) is 7.49. The Morgan fingerprint density at radius 2 is 1.43 bits per heavy atom. The van der Waals surface area contributed by atoms with E-state index < -0.39 is 0 Å². The lowest BCUT2D eigenvalue weighted by Crippen LogP contribution is -2.23. The zero-order valence-corrected chi connectivity index (χ0v) is 18.9. The summed E-state index contributed by atoms with van der Waals surface area (Å²) in [6.07, 6.45) is 0. The van der Waals surface area contributed by atoms with Crippen molar-refractivity contribution in [3.8, 4) is 0 Å². The Morgan fingerprint density at radius 3 is 2.13 bits per heavy atom. The maximum Gasteiger partial charge on any atom is 0.237 e. The third-order valence-electron chi connectivity index (χ3n) is 4.53. The summed E-state index contributed by atoms with van der Waals surface area (Å²) in [6.45, 7) is 5.92. The number of thioether (sulfide) groups is 1. The molecule has 30 heavy (non-hydrogen) atoms. The topological polar surface area (TPSA) is 53.2 Å². The molecule has 1 atom stereocenters. The minimum Gasteiger partial charge on any atom is -0.332 e. The zero-order chi connectivity index (χ0) is 21.5. The fourth-order valence-corrected chi connectivity index (χ4v) is 4.12. The molecule has 1 unspecified atom stereocenters. The maximum atomic E-state index is 12.7. The van der Waals surface area contributed by atoms with Crippen LogP contribution in [0.2, 0.25) is 0 Å². The Balaban J connectivity index is 1.60. The minimum atomic E-state index is -0.242. The van der Waals surface area contributed by atoms with Crippen LogP contribution in [0.1, 0.15) is 18.1 Å². The molecule has 0 aliphatic carbocycles. The van der Waals surface area contributed by atoms with Crippen molar-refractivity contribution in [1.82, 2.24) is 0 Å². The number of thiocarbonyl (C=S) groups is 1. The van der Waals surface area contributed by atoms with Gasteiger partial charge in [0.1, 0.15) is 0 Å². The molecular formula is C24H25N3OS2. The van der Waals surface area contributed by atoms with Crippen LogP contribution in [0.3, 0.4) is 0 Å². The highest BCUT2D eigenvalue weighted by Gasteiger charge is 2.16. The van der Waals surface area contributed by atoms with Crippen LogP contribution in [-0.4, -0.2) is 16.3 Å². The van der Waals surface area contributed by atoms with E-state index in [0.29, 0.717) is 5.11 Å². The van der Waals surface area contributed by atoms with Gasteiger partial charge in [0, 0.05) is 22.0 Å². The van der Waals surface area contributed by atoms with Crippen molar-refractivity contribution in [2.45, 2.75) is 30.9 Å². The molecule has 0 heterocycles. The number of carbonyl (C=O) groups is 1. The second-order valence-corrected chi connectivity index (χ2v) is 8.81. The molecule has 4 nitrogen and oxygen atoms in total. The van der Waals surface area contributed by atoms with E-state index in [1.807, 2.05) is 93.6 Å². The van der Waals surface area contributed by atoms with Crippen LogP contribution in [0.4, 0.5) is 17.1 Å². The van der Waals surface area contributed by atoms with Crippen LogP contribution in [-0.2, 0) is 4.79 Å². The van der Waals surface area contributed by atoms with E-state index in [9.17, 15) is 4.79 Å². The molecule has 6 heteroatoms. The molecule has 3 N–H and O–H groups in total. The molecule has 3 aromatic carbocycles. The van der Waals surface area contributed by atoms with E-state index >= 15 is 0 Å². The average molecular weight is 436 g/mol. The monoisotopic (exact) mass is 435 g/mol. The van der Waals surface area contributed by atoms with E-state index in [0.717, 1.165) is 33.1 Å². The molecule has 0 spiro atoms. The summed E-state index contributed by atoms with van der Waals surface area (Å²) in [5.41, 5.74) is 4.81. The van der Waals surface area contributed by atoms with E-state index in [1.165, 1.54) is 11.8 Å². The van der Waals surface area contributed by atoms with Crippen molar-refractivity contribution in [3.63, 3.8) is 0 Å². The number of rotatable bonds is 6. The predicted molar refractivity (Wildman–Crippen MR) is 133 cm³/mol. The number of anilines is 3. The molecule has 0 radical (unpaired) electrons. The van der Waals surface area contributed by atoms with Crippen molar-refractivity contribution >= 4 is 52.1 Å². The first-order chi connectivity index (χ1) is 14.4. The van der Waals surface area contributed by atoms with Gasteiger partial charge in [-0.3, -0.25) is 4.79 Å². The van der Waals surface area contributed by atoms with Crippen molar-refractivity contribution < 1.29 is 4.79 Å². The normalized spacial score (nSPS) is 11.4. The standard InChI is InChI=1S/C24H25N3OS2/c1-16-9-7-10-17(2)22(16)27-23(28)18(3)30-21-14-8-13-20(15-21)26-24(29)25-19-11-5-4-6-12-19/h4-15,18H,1-3H3,(H,27,28)(H2,25,26,29). The first kappa shape index (κ1) is 21.9. The number of hydrogen-bond donors (Lipinski definition) is 3. The summed E-state index contributed by atoms with van der Waals surface area (Å²) >= 11 is 6.91. The Morgan fingerprint density at radius 1 is 0.833 bits per heavy atom. The third-order valence-corrected chi connectivity index (χ3v) is 5.83. The second-order valence-electron chi connectivity index (χ2n) is 6.99. The van der Waals surface area contributed by atoms with E-state index in [-0.39, 0.29) is 11.2 Å². The average Bonchev–Trinajstić information content (AvgIpc) is 2.71. The number of nitrogens with one attached hydrogen (secondary N) is 3. The van der Waals surface area contributed by atoms with Gasteiger partial charge in [-0.05, 0) is 74.4 Å². The second kappa shape index (κ2) is 10.3. The van der Waals surface area contributed by atoms with Crippen LogP contribution < -0.4 is 16.0 Å². The van der Waals surface area contributed by atoms with Gasteiger partial charge in [0.15, 0.2) is 5.11 Å². The maximum absolute atomic E-state index is 12.7. The highest BCUT2D eigenvalue weighted by atomic mass is 32.2. The van der Waals surface area contributed by atoms with Crippen LogP contribution in [0.25, 0.3) is 0 Å². The van der Waals surface area contributed by atoms with E-state index in [1.54, 1.807) is 0 Å². The minimum absolute atomic E-state index is 0.0166. The molecule has 0 saturated heterocycles. The fourth-order valence-electron chi connectivity index (χ4n) is 2.96. The van der Waals surface area contributed by atoms with Crippen molar-refractivity contribution in [1.29, 1.82) is 0 Å². The number of amides is 1. The van der Waals surface area contributed by atoms with Gasteiger partial charge >= 0.3 is 0 Å². The smallest absolute Gasteiger partial charge is 0.237 e. The van der Waals surface area contributed by atoms with Gasteiger partial charge < -0.3 is 16.0 Å². The summed E-state index contributed by atoms with van der Waals surface area (Å²) in [4.78, 5) is 13.7. The van der Waals surface area contributed by atoms with Gasteiger partial charge in [-0.2, -0.15) is 0 Å². The van der Waals surface area contributed by atoms with E-state index in [2.05, 4.69) is 16.0 Å². The SMILES string of the molecule is Cc1cccc(C)c1NC(=O)C(C)Sc1cccc(NC(=S)Nc2ccccc2)c1. The molecule has 0 aliphatic heterocycles. The van der Waals surface area contributed by atoms with Crippen molar-refractivity contribution in [3.05, 3.63) is 83.9 Å². The quantitative estimate of drug-likeness (QED) is 0.316. The first-order valence-corrected chi connectivity index (χ1v) is 11.0. The largest absolute Gasteiger partial charge is 0.332 e. The zero-order valence-electron chi connectivity index (χ0n) is 17.2. The molecule has 3 rings (SSSR count). The number of benzene rings is 3.